The van der Waals surface area contributed by atoms with Crippen molar-refractivity contribution in [1.29, 1.82) is 0 Å². The summed E-state index contributed by atoms with van der Waals surface area (Å²) in [6.45, 7) is 2.55. The first-order chi connectivity index (χ1) is 10.6. The lowest BCUT2D eigenvalue weighted by Crippen LogP contribution is -2.62. The molecule has 4 heteroatoms. The summed E-state index contributed by atoms with van der Waals surface area (Å²) in [4.78, 5) is 12.8. The van der Waals surface area contributed by atoms with Crippen LogP contribution in [0.25, 0.3) is 0 Å². The number of fused-ring (bicyclic) bond motifs is 2. The minimum Gasteiger partial charge on any atom is -0.372 e. The van der Waals surface area contributed by atoms with Gasteiger partial charge in [0.25, 0.3) is 0 Å². The van der Waals surface area contributed by atoms with Crippen LogP contribution >= 0.6 is 0 Å². The van der Waals surface area contributed by atoms with Crippen LogP contribution in [-0.2, 0) is 25.6 Å². The number of hydrogen-bond donors (Lipinski definition) is 0. The van der Waals surface area contributed by atoms with Crippen molar-refractivity contribution in [2.24, 2.45) is 11.8 Å². The van der Waals surface area contributed by atoms with Gasteiger partial charge in [0, 0.05) is 20.1 Å². The number of carbonyl (C=O) groups excluding carboxylic acids is 1. The lowest BCUT2D eigenvalue weighted by Gasteiger charge is -2.49. The van der Waals surface area contributed by atoms with E-state index in [4.69, 9.17) is 14.2 Å². The first-order valence-corrected chi connectivity index (χ1v) is 7.61. The number of Topliss-reactive ketones (excluding diaryl/α,β-unsaturated/α-hetero) is 1. The molecule has 0 spiro atoms. The smallest absolute Gasteiger partial charge is 0.235 e. The molecule has 1 aromatic carbocycles. The first kappa shape index (κ1) is 15.4. The maximum Gasteiger partial charge on any atom is 0.235 e. The molecule has 0 saturated heterocycles. The molecule has 118 valence electrons. The van der Waals surface area contributed by atoms with E-state index >= 15 is 0 Å². The monoisotopic (exact) mass is 302 g/mol. The zero-order valence-corrected chi connectivity index (χ0v) is 13.2. The quantitative estimate of drug-likeness (QED) is 0.620. The van der Waals surface area contributed by atoms with Gasteiger partial charge in [-0.15, -0.1) is 0 Å². The highest BCUT2D eigenvalue weighted by Gasteiger charge is 2.59. The molecule has 0 N–H and O–H groups in total. The van der Waals surface area contributed by atoms with Crippen LogP contribution < -0.4 is 0 Å². The Bertz CT molecular complexity index is 574. The summed E-state index contributed by atoms with van der Waals surface area (Å²) in [5.41, 5.74) is 2.26. The van der Waals surface area contributed by atoms with E-state index in [2.05, 4.69) is 0 Å². The Kier molecular flexibility index (Phi) is 4.17. The summed E-state index contributed by atoms with van der Waals surface area (Å²) in [6, 6.07) is 10.0. The predicted molar refractivity (Wildman–Crippen MR) is 82.1 cm³/mol. The molecule has 4 nitrogen and oxygen atoms in total. The van der Waals surface area contributed by atoms with Gasteiger partial charge >= 0.3 is 0 Å². The van der Waals surface area contributed by atoms with E-state index in [0.717, 1.165) is 17.6 Å². The van der Waals surface area contributed by atoms with Gasteiger partial charge in [-0.2, -0.15) is 0 Å². The Morgan fingerprint density at radius 3 is 2.50 bits per heavy atom. The fraction of sp³-hybridized carbons (Fsp3) is 0.500. The molecule has 4 rings (SSSR count). The Hall–Kier alpha value is -1.49. The molecule has 0 unspecified atom stereocenters. The van der Waals surface area contributed by atoms with Gasteiger partial charge in [-0.05, 0) is 18.9 Å². The number of rotatable bonds is 5. The van der Waals surface area contributed by atoms with Crippen LogP contribution in [0.4, 0.5) is 0 Å². The van der Waals surface area contributed by atoms with Crippen molar-refractivity contribution in [3.8, 4) is 0 Å². The molecular weight excluding hydrogens is 280 g/mol. The zero-order valence-electron chi connectivity index (χ0n) is 13.2. The number of carbonyl (C=O) groups is 1. The number of methoxy groups -OCH3 is 2. The number of ketones is 1. The van der Waals surface area contributed by atoms with Gasteiger partial charge in [0.2, 0.25) is 11.6 Å². The summed E-state index contributed by atoms with van der Waals surface area (Å²) in [7, 11) is 3.07. The van der Waals surface area contributed by atoms with Crippen molar-refractivity contribution in [3.63, 3.8) is 0 Å². The molecule has 0 aliphatic heterocycles. The van der Waals surface area contributed by atoms with Crippen molar-refractivity contribution in [3.05, 3.63) is 47.5 Å². The Balaban J connectivity index is 1.77. The van der Waals surface area contributed by atoms with Gasteiger partial charge in [0.15, 0.2) is 0 Å². The van der Waals surface area contributed by atoms with E-state index in [1.807, 2.05) is 43.3 Å². The van der Waals surface area contributed by atoms with E-state index < -0.39 is 5.79 Å². The first-order valence-electron chi connectivity index (χ1n) is 7.61. The van der Waals surface area contributed by atoms with E-state index in [-0.39, 0.29) is 23.7 Å². The summed E-state index contributed by atoms with van der Waals surface area (Å²) in [6.07, 6.45) is 2.65. The van der Waals surface area contributed by atoms with Crippen LogP contribution in [0, 0.1) is 11.8 Å². The van der Waals surface area contributed by atoms with Crippen molar-refractivity contribution in [1.82, 2.24) is 0 Å². The Morgan fingerprint density at radius 1 is 1.18 bits per heavy atom. The van der Waals surface area contributed by atoms with Gasteiger partial charge < -0.3 is 14.2 Å². The van der Waals surface area contributed by atoms with Crippen LogP contribution in [0.2, 0.25) is 0 Å². The van der Waals surface area contributed by atoms with Crippen molar-refractivity contribution < 1.29 is 19.0 Å². The minimum absolute atomic E-state index is 0.0302. The lowest BCUT2D eigenvalue weighted by atomic mass is 9.65. The van der Waals surface area contributed by atoms with Gasteiger partial charge in [0.1, 0.15) is 0 Å². The second kappa shape index (κ2) is 5.95. The fourth-order valence-electron chi connectivity index (χ4n) is 3.69. The molecule has 0 aromatic heterocycles. The molecule has 22 heavy (non-hydrogen) atoms. The highest BCUT2D eigenvalue weighted by Crippen LogP contribution is 2.47. The third kappa shape index (κ3) is 2.32. The van der Waals surface area contributed by atoms with Crippen LogP contribution in [-0.4, -0.2) is 31.9 Å². The third-order valence-corrected chi connectivity index (χ3v) is 4.88. The Labute approximate surface area is 131 Å². The van der Waals surface area contributed by atoms with Gasteiger partial charge in [0.05, 0.1) is 18.6 Å². The molecule has 1 saturated carbocycles. The van der Waals surface area contributed by atoms with E-state index in [1.165, 1.54) is 14.2 Å². The van der Waals surface area contributed by atoms with Gasteiger partial charge in [-0.25, -0.2) is 0 Å². The van der Waals surface area contributed by atoms with E-state index in [0.29, 0.717) is 6.61 Å². The summed E-state index contributed by atoms with van der Waals surface area (Å²) >= 11 is 0. The topological polar surface area (TPSA) is 44.8 Å². The van der Waals surface area contributed by atoms with Crippen molar-refractivity contribution in [2.45, 2.75) is 31.8 Å². The maximum atomic E-state index is 12.8. The van der Waals surface area contributed by atoms with Crippen LogP contribution in [0.1, 0.15) is 18.9 Å². The SMILES string of the molecule is COC1(OC)C(=O)[C@H]2C=C(C)[C@@H]1C[C@@H]2OCc1ccccc1. The molecule has 1 fully saturated rings. The minimum atomic E-state index is -1.14. The van der Waals surface area contributed by atoms with Crippen LogP contribution in [0.3, 0.4) is 0 Å². The summed E-state index contributed by atoms with van der Waals surface area (Å²) in [5, 5.41) is 0. The highest BCUT2D eigenvalue weighted by molar-refractivity contribution is 5.93. The fourth-order valence-corrected chi connectivity index (χ4v) is 3.69. The number of ether oxygens (including phenoxy) is 3. The van der Waals surface area contributed by atoms with Crippen molar-refractivity contribution >= 4 is 5.78 Å². The predicted octanol–water partition coefficient (Wildman–Crippen LogP) is 2.73. The van der Waals surface area contributed by atoms with E-state index in [9.17, 15) is 4.79 Å². The largest absolute Gasteiger partial charge is 0.372 e. The second-order valence-electron chi connectivity index (χ2n) is 6.00. The number of hydrogen-bond acceptors (Lipinski definition) is 4. The zero-order chi connectivity index (χ0) is 15.7. The normalized spacial score (nSPS) is 29.5. The third-order valence-electron chi connectivity index (χ3n) is 4.88. The molecule has 3 atom stereocenters. The molecule has 2 bridgehead atoms. The summed E-state index contributed by atoms with van der Waals surface area (Å²) < 4.78 is 17.0. The van der Waals surface area contributed by atoms with Gasteiger partial charge in [-0.1, -0.05) is 42.0 Å². The second-order valence-corrected chi connectivity index (χ2v) is 6.00. The van der Waals surface area contributed by atoms with Crippen molar-refractivity contribution in [2.75, 3.05) is 14.2 Å². The molecule has 3 aliphatic rings. The van der Waals surface area contributed by atoms with Crippen LogP contribution in [0.15, 0.2) is 42.0 Å². The van der Waals surface area contributed by atoms with Gasteiger partial charge in [-0.3, -0.25) is 4.79 Å². The lowest BCUT2D eigenvalue weighted by molar-refractivity contribution is -0.248. The Morgan fingerprint density at radius 2 is 1.86 bits per heavy atom. The summed E-state index contributed by atoms with van der Waals surface area (Å²) in [5.74, 6) is -1.55. The molecular formula is C18H22O4. The molecule has 3 aliphatic carbocycles. The number of benzene rings is 1. The maximum absolute atomic E-state index is 12.8. The standard InChI is InChI=1S/C18H22O4/c1-12-9-14-16(22-11-13-7-5-4-6-8-13)10-15(12)18(20-2,21-3)17(14)19/h4-9,14-16H,10-11H2,1-3H3/t14-,15-,16-/m0/s1. The average Bonchev–Trinajstić information content (AvgIpc) is 2.56. The molecule has 0 heterocycles. The highest BCUT2D eigenvalue weighted by atomic mass is 16.7. The molecule has 1 aromatic rings. The molecule has 0 radical (unpaired) electrons. The molecule has 0 amide bonds. The average molecular weight is 302 g/mol. The van der Waals surface area contributed by atoms with E-state index in [1.54, 1.807) is 0 Å². The van der Waals surface area contributed by atoms with Crippen LogP contribution in [0.5, 0.6) is 0 Å².